The first-order valence-corrected chi connectivity index (χ1v) is 9.32. The monoisotopic (exact) mass is 448 g/mol. The van der Waals surface area contributed by atoms with Gasteiger partial charge in [0.25, 0.3) is 12.3 Å². The number of anilines is 1. The molecule has 1 aromatic carbocycles. The molecule has 2 atom stereocenters. The third kappa shape index (κ3) is 4.48. The molecule has 1 aliphatic heterocycles. The van der Waals surface area contributed by atoms with Crippen molar-refractivity contribution in [3.8, 4) is 6.07 Å². The Kier molecular flexibility index (Phi) is 6.61. The molecule has 2 aromatic rings. The minimum absolute atomic E-state index is 0.0168. The van der Waals surface area contributed by atoms with Crippen molar-refractivity contribution in [2.45, 2.75) is 18.1 Å². The predicted octanol–water partition coefficient (Wildman–Crippen LogP) is 1.76. The number of piperazine rings is 1. The van der Waals surface area contributed by atoms with E-state index in [2.05, 4.69) is 20.4 Å². The summed E-state index contributed by atoms with van der Waals surface area (Å²) in [4.78, 5) is 29.2. The van der Waals surface area contributed by atoms with Crippen LogP contribution in [0.4, 0.5) is 23.7 Å². The number of halogens is 3. The summed E-state index contributed by atoms with van der Waals surface area (Å²) in [6.07, 6.45) is -3.94. The number of hydrogen-bond donors (Lipinski definition) is 3. The van der Waals surface area contributed by atoms with E-state index in [1.54, 1.807) is 0 Å². The topological polar surface area (TPSA) is 133 Å². The molecule has 0 saturated carbocycles. The van der Waals surface area contributed by atoms with Crippen molar-refractivity contribution >= 4 is 17.7 Å². The summed E-state index contributed by atoms with van der Waals surface area (Å²) in [6, 6.07) is 7.73. The molecule has 0 bridgehead atoms. The van der Waals surface area contributed by atoms with Crippen LogP contribution in [0.15, 0.2) is 36.5 Å². The molecule has 1 aliphatic rings. The minimum atomic E-state index is -3.17. The van der Waals surface area contributed by atoms with Crippen LogP contribution in [0.1, 0.15) is 21.6 Å². The number of ether oxygens (including phenoxy) is 1. The molecule has 12 heteroatoms. The lowest BCUT2D eigenvalue weighted by atomic mass is 9.86. The molecule has 0 aliphatic carbocycles. The fourth-order valence-corrected chi connectivity index (χ4v) is 3.44. The largest absolute Gasteiger partial charge is 0.453 e. The first-order valence-electron chi connectivity index (χ1n) is 9.32. The zero-order valence-electron chi connectivity index (χ0n) is 16.8. The second-order valence-corrected chi connectivity index (χ2v) is 7.07. The quantitative estimate of drug-likeness (QED) is 0.649. The maximum absolute atomic E-state index is 14.7. The van der Waals surface area contributed by atoms with Gasteiger partial charge in [-0.3, -0.25) is 10.1 Å². The molecule has 32 heavy (non-hydrogen) atoms. The molecule has 2 unspecified atom stereocenters. The van der Waals surface area contributed by atoms with E-state index < -0.39 is 48.1 Å². The van der Waals surface area contributed by atoms with Crippen LogP contribution in [0.3, 0.4) is 0 Å². The smallest absolute Gasteiger partial charge is 0.409 e. The molecule has 1 fully saturated rings. The molecule has 3 rings (SSSR count). The van der Waals surface area contributed by atoms with Gasteiger partial charge in [-0.1, -0.05) is 0 Å². The highest BCUT2D eigenvalue weighted by atomic mass is 19.3. The Bertz CT molecular complexity index is 1060. The van der Waals surface area contributed by atoms with Crippen LogP contribution in [0.2, 0.25) is 0 Å². The van der Waals surface area contributed by atoms with E-state index in [4.69, 9.17) is 11.0 Å². The molecular weight excluding hydrogens is 429 g/mol. The summed E-state index contributed by atoms with van der Waals surface area (Å²) in [5, 5.41) is 13.8. The van der Waals surface area contributed by atoms with E-state index in [-0.39, 0.29) is 23.5 Å². The number of aromatic nitrogens is 1. The Morgan fingerprint density at radius 3 is 2.75 bits per heavy atom. The Hall–Kier alpha value is -3.69. The van der Waals surface area contributed by atoms with Gasteiger partial charge in [-0.25, -0.2) is 22.9 Å². The Morgan fingerprint density at radius 2 is 2.16 bits per heavy atom. The lowest BCUT2D eigenvalue weighted by Crippen LogP contribution is -2.69. The highest BCUT2D eigenvalue weighted by Crippen LogP contribution is 2.35. The fraction of sp³-hybridized carbons (Fsp3) is 0.300. The standard InChI is InChI=1S/C20H19F3N6O3/c1-32-19(31)29-9-16(25)28-20(10-29,18(22)23)13-6-12(3-4-14(13)21)27-17(30)15-5-2-11(7-24)8-26-15/h2-6,8,16,18,28H,9-10,25H2,1H3,(H,27,30). The molecule has 2 heterocycles. The SMILES string of the molecule is COC(=O)N1CC(N)NC(c2cc(NC(=O)c3ccc(C#N)cn3)ccc2F)(C(F)F)C1. The number of nitrogens with zero attached hydrogens (tertiary/aromatic N) is 3. The molecular formula is C20H19F3N6O3. The van der Waals surface area contributed by atoms with Gasteiger partial charge in [-0.2, -0.15) is 5.26 Å². The normalized spacial score (nSPS) is 20.5. The maximum Gasteiger partial charge on any atom is 0.409 e. The van der Waals surface area contributed by atoms with Gasteiger partial charge >= 0.3 is 6.09 Å². The lowest BCUT2D eigenvalue weighted by molar-refractivity contribution is -0.0282. The summed E-state index contributed by atoms with van der Waals surface area (Å²) >= 11 is 0. The van der Waals surface area contributed by atoms with E-state index in [1.165, 1.54) is 24.4 Å². The number of benzene rings is 1. The van der Waals surface area contributed by atoms with Gasteiger partial charge in [0.05, 0.1) is 31.9 Å². The molecule has 168 valence electrons. The van der Waals surface area contributed by atoms with Crippen molar-refractivity contribution in [3.63, 3.8) is 0 Å². The van der Waals surface area contributed by atoms with E-state index in [1.807, 2.05) is 6.07 Å². The van der Waals surface area contributed by atoms with Crippen LogP contribution in [-0.2, 0) is 10.3 Å². The van der Waals surface area contributed by atoms with Crippen molar-refractivity contribution < 1.29 is 27.5 Å². The summed E-state index contributed by atoms with van der Waals surface area (Å²) in [5.41, 5.74) is 3.22. The van der Waals surface area contributed by atoms with Gasteiger partial charge in [0.15, 0.2) is 0 Å². The van der Waals surface area contributed by atoms with Gasteiger partial charge in [0.1, 0.15) is 23.1 Å². The molecule has 1 aromatic heterocycles. The number of carbonyl (C=O) groups is 2. The summed E-state index contributed by atoms with van der Waals surface area (Å²) in [7, 11) is 1.09. The number of nitrogens with two attached hydrogens (primary N) is 1. The zero-order valence-corrected chi connectivity index (χ0v) is 16.8. The molecule has 0 spiro atoms. The molecule has 0 radical (unpaired) electrons. The molecule has 4 N–H and O–H groups in total. The zero-order chi connectivity index (χ0) is 23.5. The number of nitriles is 1. The number of nitrogens with one attached hydrogen (secondary N) is 2. The van der Waals surface area contributed by atoms with Crippen LogP contribution < -0.4 is 16.4 Å². The third-order valence-corrected chi connectivity index (χ3v) is 4.94. The Labute approximate surface area is 181 Å². The third-order valence-electron chi connectivity index (χ3n) is 4.94. The van der Waals surface area contributed by atoms with Crippen molar-refractivity contribution in [2.24, 2.45) is 5.73 Å². The van der Waals surface area contributed by atoms with Crippen LogP contribution in [0.5, 0.6) is 0 Å². The Balaban J connectivity index is 1.95. The average molecular weight is 448 g/mol. The van der Waals surface area contributed by atoms with Gasteiger partial charge in [-0.05, 0) is 30.3 Å². The first-order chi connectivity index (χ1) is 15.2. The number of carbonyl (C=O) groups excluding carboxylic acids is 2. The Morgan fingerprint density at radius 1 is 1.41 bits per heavy atom. The number of pyridine rings is 1. The fourth-order valence-electron chi connectivity index (χ4n) is 3.44. The van der Waals surface area contributed by atoms with Crippen molar-refractivity contribution in [2.75, 3.05) is 25.5 Å². The van der Waals surface area contributed by atoms with E-state index >= 15 is 0 Å². The van der Waals surface area contributed by atoms with E-state index in [0.717, 1.165) is 24.1 Å². The second-order valence-electron chi connectivity index (χ2n) is 7.07. The summed E-state index contributed by atoms with van der Waals surface area (Å²) < 4.78 is 47.9. The number of alkyl halides is 2. The highest BCUT2D eigenvalue weighted by molar-refractivity contribution is 6.02. The van der Waals surface area contributed by atoms with Crippen LogP contribution >= 0.6 is 0 Å². The van der Waals surface area contributed by atoms with Crippen molar-refractivity contribution in [3.05, 3.63) is 59.2 Å². The number of amides is 2. The first kappa shape index (κ1) is 23.0. The molecule has 9 nitrogen and oxygen atoms in total. The van der Waals surface area contributed by atoms with Crippen molar-refractivity contribution in [1.29, 1.82) is 5.26 Å². The van der Waals surface area contributed by atoms with Crippen LogP contribution in [0.25, 0.3) is 0 Å². The van der Waals surface area contributed by atoms with Crippen LogP contribution in [0, 0.1) is 17.1 Å². The number of rotatable bonds is 4. The van der Waals surface area contributed by atoms with E-state index in [9.17, 15) is 22.8 Å². The lowest BCUT2D eigenvalue weighted by Gasteiger charge is -2.45. The predicted molar refractivity (Wildman–Crippen MR) is 106 cm³/mol. The molecule has 2 amide bonds. The van der Waals surface area contributed by atoms with Gasteiger partial charge in [0.2, 0.25) is 0 Å². The van der Waals surface area contributed by atoms with Gasteiger partial charge in [-0.15, -0.1) is 0 Å². The number of hydrogen-bond acceptors (Lipinski definition) is 7. The number of methoxy groups -OCH3 is 1. The summed E-state index contributed by atoms with van der Waals surface area (Å²) in [5.74, 6) is -1.67. The van der Waals surface area contributed by atoms with Crippen molar-refractivity contribution in [1.82, 2.24) is 15.2 Å². The minimum Gasteiger partial charge on any atom is -0.453 e. The second kappa shape index (κ2) is 9.21. The van der Waals surface area contributed by atoms with Crippen LogP contribution in [-0.4, -0.2) is 54.7 Å². The molecule has 1 saturated heterocycles. The maximum atomic E-state index is 14.7. The summed E-state index contributed by atoms with van der Waals surface area (Å²) in [6.45, 7) is -0.736. The highest BCUT2D eigenvalue weighted by Gasteiger charge is 2.50. The van der Waals surface area contributed by atoms with Gasteiger partial charge < -0.3 is 20.7 Å². The van der Waals surface area contributed by atoms with Gasteiger partial charge in [0, 0.05) is 17.4 Å². The van der Waals surface area contributed by atoms with E-state index in [0.29, 0.717) is 0 Å². The average Bonchev–Trinajstić information content (AvgIpc) is 2.79.